The first kappa shape index (κ1) is 10.6. The van der Waals surface area contributed by atoms with Gasteiger partial charge in [0.2, 0.25) is 0 Å². The molecule has 0 amide bonds. The second-order valence-corrected chi connectivity index (χ2v) is 5.41. The van der Waals surface area contributed by atoms with Gasteiger partial charge in [-0.25, -0.2) is 0 Å². The number of aromatic amines is 2. The summed E-state index contributed by atoms with van der Waals surface area (Å²) in [5.74, 6) is 0. The highest BCUT2D eigenvalue weighted by molar-refractivity contribution is 7.05. The van der Waals surface area contributed by atoms with Crippen molar-refractivity contribution in [1.82, 2.24) is 9.36 Å². The van der Waals surface area contributed by atoms with Crippen LogP contribution in [0.5, 0.6) is 0 Å². The zero-order chi connectivity index (χ0) is 12.0. The normalized spacial score (nSPS) is 11.2. The molecule has 3 aromatic rings. The van der Waals surface area contributed by atoms with Crippen molar-refractivity contribution in [3.8, 4) is 0 Å². The minimum Gasteiger partial charge on any atom is -0.359 e. The van der Waals surface area contributed by atoms with Crippen molar-refractivity contribution in [1.29, 1.82) is 5.41 Å². The fourth-order valence-corrected chi connectivity index (χ4v) is 2.80. The van der Waals surface area contributed by atoms with Crippen LogP contribution in [0.4, 0.5) is 0 Å². The molecule has 86 valence electrons. The molecule has 3 N–H and O–H groups in total. The van der Waals surface area contributed by atoms with E-state index in [2.05, 4.69) is 9.36 Å². The molecule has 2 aromatic heterocycles. The molecule has 3 nitrogen and oxygen atoms in total. The van der Waals surface area contributed by atoms with Gasteiger partial charge in [-0.15, -0.1) is 0 Å². The van der Waals surface area contributed by atoms with E-state index in [9.17, 15) is 0 Å². The van der Waals surface area contributed by atoms with Crippen molar-refractivity contribution < 1.29 is 0 Å². The highest BCUT2D eigenvalue weighted by atomic mass is 35.5. The molecule has 5 heteroatoms. The van der Waals surface area contributed by atoms with E-state index in [0.717, 1.165) is 26.7 Å². The Morgan fingerprint density at radius 1 is 1.24 bits per heavy atom. The largest absolute Gasteiger partial charge is 0.359 e. The number of H-pyrrole nitrogens is 2. The third-order valence-corrected chi connectivity index (χ3v) is 3.72. The van der Waals surface area contributed by atoms with E-state index < -0.39 is 0 Å². The van der Waals surface area contributed by atoms with Gasteiger partial charge in [0.25, 0.3) is 0 Å². The van der Waals surface area contributed by atoms with Gasteiger partial charge in [-0.3, -0.25) is 5.41 Å². The Labute approximate surface area is 106 Å². The summed E-state index contributed by atoms with van der Waals surface area (Å²) >= 11 is 7.61. The van der Waals surface area contributed by atoms with Crippen LogP contribution in [-0.2, 0) is 0 Å². The number of aryl methyl sites for hydroxylation is 1. The summed E-state index contributed by atoms with van der Waals surface area (Å²) in [7, 11) is 0. The Bertz CT molecular complexity index is 795. The van der Waals surface area contributed by atoms with Crippen LogP contribution in [0.25, 0.3) is 21.8 Å². The second kappa shape index (κ2) is 3.75. The molecule has 0 atom stereocenters. The summed E-state index contributed by atoms with van der Waals surface area (Å²) in [6.45, 7) is 2.02. The summed E-state index contributed by atoms with van der Waals surface area (Å²) in [5.41, 5.74) is 1.77. The van der Waals surface area contributed by atoms with Crippen LogP contribution in [0.1, 0.15) is 4.88 Å². The summed E-state index contributed by atoms with van der Waals surface area (Å²) in [4.78, 5) is 4.26. The molecule has 0 unspecified atom stereocenters. The van der Waals surface area contributed by atoms with Gasteiger partial charge in [-0.05, 0) is 25.1 Å². The molecule has 2 heterocycles. The third kappa shape index (κ3) is 1.61. The van der Waals surface area contributed by atoms with Gasteiger partial charge in [0.15, 0.2) is 0 Å². The van der Waals surface area contributed by atoms with Crippen molar-refractivity contribution in [2.45, 2.75) is 6.92 Å². The smallest absolute Gasteiger partial charge is 0.0875 e. The number of hydrogen-bond donors (Lipinski definition) is 3. The van der Waals surface area contributed by atoms with Crippen molar-refractivity contribution >= 4 is 44.9 Å². The van der Waals surface area contributed by atoms with Crippen molar-refractivity contribution in [2.75, 3.05) is 0 Å². The summed E-state index contributed by atoms with van der Waals surface area (Å²) < 4.78 is 3.27. The minimum atomic E-state index is 0.509. The first-order valence-electron chi connectivity index (χ1n) is 5.16. The lowest BCUT2D eigenvalue weighted by molar-refractivity contribution is 1.31. The molecule has 0 saturated heterocycles. The number of nitrogens with one attached hydrogen (secondary N) is 3. The van der Waals surface area contributed by atoms with E-state index in [1.54, 1.807) is 23.8 Å². The molecule has 17 heavy (non-hydrogen) atoms. The number of aromatic nitrogens is 2. The fourth-order valence-electron chi connectivity index (χ4n) is 1.97. The Hall–Kier alpha value is -1.52. The van der Waals surface area contributed by atoms with E-state index in [4.69, 9.17) is 17.0 Å². The van der Waals surface area contributed by atoms with Crippen molar-refractivity contribution in [3.63, 3.8) is 0 Å². The molecule has 3 rings (SSSR count). The molecular weight excluding hydrogens is 254 g/mol. The second-order valence-electron chi connectivity index (χ2n) is 3.92. The Kier molecular flexibility index (Phi) is 2.34. The van der Waals surface area contributed by atoms with Crippen LogP contribution in [0.2, 0.25) is 5.02 Å². The Morgan fingerprint density at radius 3 is 2.88 bits per heavy atom. The summed E-state index contributed by atoms with van der Waals surface area (Å²) in [6, 6.07) is 5.69. The van der Waals surface area contributed by atoms with E-state index in [-0.39, 0.29) is 0 Å². The van der Waals surface area contributed by atoms with Crippen molar-refractivity contribution in [2.24, 2.45) is 0 Å². The van der Waals surface area contributed by atoms with Gasteiger partial charge in [0.1, 0.15) is 0 Å². The van der Waals surface area contributed by atoms with Gasteiger partial charge in [0, 0.05) is 26.9 Å². The molecule has 0 bridgehead atoms. The quantitative estimate of drug-likeness (QED) is 0.554. The fraction of sp³-hybridized carbons (Fsp3) is 0.0833. The lowest BCUT2D eigenvalue weighted by Crippen LogP contribution is -1.95. The average Bonchev–Trinajstić information content (AvgIpc) is 2.48. The van der Waals surface area contributed by atoms with Crippen LogP contribution in [0.15, 0.2) is 24.4 Å². The predicted molar refractivity (Wildman–Crippen MR) is 72.4 cm³/mol. The number of hydrogen-bond acceptors (Lipinski definition) is 2. The lowest BCUT2D eigenvalue weighted by atomic mass is 10.3. The van der Waals surface area contributed by atoms with E-state index in [1.807, 2.05) is 19.1 Å². The molecule has 1 aromatic carbocycles. The monoisotopic (exact) mass is 263 g/mol. The Balaban J connectivity index is 2.66. The van der Waals surface area contributed by atoms with Gasteiger partial charge in [-0.1, -0.05) is 23.1 Å². The SMILES string of the molecule is Cc1cc2c(=N)c3[nH]ccc(Cl)cc3c2[nH]s1. The van der Waals surface area contributed by atoms with E-state index >= 15 is 0 Å². The molecule has 0 aliphatic carbocycles. The van der Waals surface area contributed by atoms with Gasteiger partial charge in [0.05, 0.1) is 16.4 Å². The van der Waals surface area contributed by atoms with Crippen LogP contribution >= 0.6 is 23.1 Å². The molecule has 0 radical (unpaired) electrons. The van der Waals surface area contributed by atoms with E-state index in [1.165, 1.54) is 0 Å². The Morgan fingerprint density at radius 2 is 2.06 bits per heavy atom. The average molecular weight is 264 g/mol. The molecular formula is C12H10ClN3S. The molecule has 0 aliphatic heterocycles. The van der Waals surface area contributed by atoms with Crippen LogP contribution in [0, 0.1) is 12.3 Å². The van der Waals surface area contributed by atoms with Crippen LogP contribution in [-0.4, -0.2) is 9.36 Å². The predicted octanol–water partition coefficient (Wildman–Crippen LogP) is 3.71. The van der Waals surface area contributed by atoms with Crippen LogP contribution in [0.3, 0.4) is 0 Å². The van der Waals surface area contributed by atoms with Crippen molar-refractivity contribution in [3.05, 3.63) is 39.7 Å². The third-order valence-electron chi connectivity index (χ3n) is 2.74. The van der Waals surface area contributed by atoms with E-state index in [0.29, 0.717) is 10.4 Å². The zero-order valence-electron chi connectivity index (χ0n) is 9.10. The highest BCUT2D eigenvalue weighted by Gasteiger charge is 2.08. The van der Waals surface area contributed by atoms with Gasteiger partial charge < -0.3 is 9.36 Å². The maximum atomic E-state index is 8.17. The summed E-state index contributed by atoms with van der Waals surface area (Å²) in [6.07, 6.45) is 1.76. The molecule has 0 spiro atoms. The maximum absolute atomic E-state index is 8.17. The zero-order valence-corrected chi connectivity index (χ0v) is 10.7. The highest BCUT2D eigenvalue weighted by Crippen LogP contribution is 2.24. The van der Waals surface area contributed by atoms with Gasteiger partial charge in [-0.2, -0.15) is 0 Å². The maximum Gasteiger partial charge on any atom is 0.0875 e. The number of halogens is 1. The van der Waals surface area contributed by atoms with Crippen LogP contribution < -0.4 is 5.36 Å². The standard InChI is InChI=1S/C12H10ClN3S/c1-6-4-8-10(14)12-9(11(8)16-17-6)5-7(13)2-3-15-12/h2-5,14-16H,1H3. The first-order chi connectivity index (χ1) is 8.16. The van der Waals surface area contributed by atoms with Gasteiger partial charge >= 0.3 is 0 Å². The molecule has 0 aliphatic rings. The topological polar surface area (TPSA) is 55.4 Å². The minimum absolute atomic E-state index is 0.509. The molecule has 0 saturated carbocycles. The number of rotatable bonds is 0. The number of fused-ring (bicyclic) bond motifs is 3. The molecule has 0 fully saturated rings. The summed E-state index contributed by atoms with van der Waals surface area (Å²) in [5, 5.41) is 11.2. The first-order valence-corrected chi connectivity index (χ1v) is 6.36. The lowest BCUT2D eigenvalue weighted by Gasteiger charge is -1.93.